The van der Waals surface area contributed by atoms with Gasteiger partial charge >= 0.3 is 0 Å². The van der Waals surface area contributed by atoms with Crippen LogP contribution in [0.4, 0.5) is 5.69 Å². The number of halogens is 2. The molecule has 1 aliphatic carbocycles. The lowest BCUT2D eigenvalue weighted by Crippen LogP contribution is -2.54. The van der Waals surface area contributed by atoms with Crippen LogP contribution in [0.3, 0.4) is 0 Å². The molecule has 2 aromatic carbocycles. The molecule has 1 aliphatic rings. The molecule has 208 valence electrons. The van der Waals surface area contributed by atoms with E-state index in [1.165, 1.54) is 12.0 Å². The van der Waals surface area contributed by atoms with E-state index in [1.54, 1.807) is 42.5 Å². The van der Waals surface area contributed by atoms with Crippen molar-refractivity contribution in [1.82, 2.24) is 10.2 Å². The fourth-order valence-corrected chi connectivity index (χ4v) is 5.98. The summed E-state index contributed by atoms with van der Waals surface area (Å²) in [5.74, 6) is -0.228. The number of nitrogens with zero attached hydrogens (tertiary/aromatic N) is 2. The highest BCUT2D eigenvalue weighted by Crippen LogP contribution is 2.26. The number of anilines is 1. The van der Waals surface area contributed by atoms with Gasteiger partial charge < -0.3 is 15.0 Å². The van der Waals surface area contributed by atoms with Crippen molar-refractivity contribution in [2.75, 3.05) is 24.2 Å². The summed E-state index contributed by atoms with van der Waals surface area (Å²) < 4.78 is 31.7. The molecular formula is C27H35Cl2N3O5S. The zero-order chi connectivity index (χ0) is 27.9. The highest BCUT2D eigenvalue weighted by atomic mass is 35.5. The van der Waals surface area contributed by atoms with Crippen molar-refractivity contribution in [3.63, 3.8) is 0 Å². The molecular weight excluding hydrogens is 549 g/mol. The third-order valence-electron chi connectivity index (χ3n) is 6.73. The van der Waals surface area contributed by atoms with Gasteiger partial charge in [0.2, 0.25) is 21.8 Å². The van der Waals surface area contributed by atoms with Crippen molar-refractivity contribution >= 4 is 50.7 Å². The monoisotopic (exact) mass is 583 g/mol. The van der Waals surface area contributed by atoms with Crippen LogP contribution in [0, 0.1) is 0 Å². The van der Waals surface area contributed by atoms with Gasteiger partial charge in [-0.3, -0.25) is 13.9 Å². The van der Waals surface area contributed by atoms with Crippen molar-refractivity contribution in [2.45, 2.75) is 64.1 Å². The maximum Gasteiger partial charge on any atom is 0.244 e. The van der Waals surface area contributed by atoms with Gasteiger partial charge in [-0.25, -0.2) is 8.42 Å². The van der Waals surface area contributed by atoms with Crippen LogP contribution in [0.1, 0.15) is 51.0 Å². The fraction of sp³-hybridized carbons (Fsp3) is 0.481. The molecule has 0 radical (unpaired) electrons. The minimum Gasteiger partial charge on any atom is -0.497 e. The Hall–Kier alpha value is -2.49. The minimum absolute atomic E-state index is 0.0195. The minimum atomic E-state index is -3.83. The predicted molar refractivity (Wildman–Crippen MR) is 151 cm³/mol. The van der Waals surface area contributed by atoms with Gasteiger partial charge in [0.25, 0.3) is 0 Å². The van der Waals surface area contributed by atoms with Gasteiger partial charge in [0.05, 0.1) is 19.1 Å². The van der Waals surface area contributed by atoms with Gasteiger partial charge in [-0.05, 0) is 61.2 Å². The van der Waals surface area contributed by atoms with Gasteiger partial charge in [0.1, 0.15) is 18.3 Å². The fourth-order valence-electron chi connectivity index (χ4n) is 4.66. The Morgan fingerprint density at radius 3 is 2.29 bits per heavy atom. The number of sulfonamides is 1. The smallest absolute Gasteiger partial charge is 0.244 e. The van der Waals surface area contributed by atoms with Crippen LogP contribution in [-0.2, 0) is 26.2 Å². The zero-order valence-corrected chi connectivity index (χ0v) is 24.3. The molecule has 1 saturated carbocycles. The summed E-state index contributed by atoms with van der Waals surface area (Å²) in [6, 6.07) is 10.6. The van der Waals surface area contributed by atoms with Crippen LogP contribution >= 0.6 is 23.2 Å². The number of nitrogens with one attached hydrogen (secondary N) is 1. The molecule has 11 heteroatoms. The van der Waals surface area contributed by atoms with Crippen LogP contribution in [-0.4, -0.2) is 57.1 Å². The molecule has 0 spiro atoms. The molecule has 0 aliphatic heterocycles. The number of amides is 2. The normalized spacial score (nSPS) is 15.0. The second-order valence-corrected chi connectivity index (χ2v) is 12.2. The summed E-state index contributed by atoms with van der Waals surface area (Å²) in [6.45, 7) is 1.36. The maximum atomic E-state index is 13.8. The van der Waals surface area contributed by atoms with Crippen molar-refractivity contribution < 1.29 is 22.7 Å². The molecule has 1 N–H and O–H groups in total. The van der Waals surface area contributed by atoms with Crippen molar-refractivity contribution in [2.24, 2.45) is 0 Å². The van der Waals surface area contributed by atoms with E-state index in [0.29, 0.717) is 33.5 Å². The number of carbonyl (C=O) groups excluding carboxylic acids is 2. The molecule has 2 aromatic rings. The van der Waals surface area contributed by atoms with E-state index in [4.69, 9.17) is 27.9 Å². The Kier molecular flexibility index (Phi) is 10.7. The topological polar surface area (TPSA) is 96.0 Å². The average Bonchev–Trinajstić information content (AvgIpc) is 2.88. The van der Waals surface area contributed by atoms with E-state index in [1.807, 2.05) is 6.92 Å². The Bertz CT molecular complexity index is 1220. The van der Waals surface area contributed by atoms with E-state index in [9.17, 15) is 18.0 Å². The molecule has 3 rings (SSSR count). The summed E-state index contributed by atoms with van der Waals surface area (Å²) in [7, 11) is -2.32. The number of carbonyl (C=O) groups is 2. The first-order valence-corrected chi connectivity index (χ1v) is 15.3. The number of hydrogen-bond acceptors (Lipinski definition) is 5. The molecule has 0 bridgehead atoms. The second kappa shape index (κ2) is 13.5. The van der Waals surface area contributed by atoms with E-state index in [2.05, 4.69) is 5.32 Å². The third-order valence-corrected chi connectivity index (χ3v) is 8.46. The van der Waals surface area contributed by atoms with Crippen molar-refractivity contribution in [3.05, 3.63) is 58.1 Å². The van der Waals surface area contributed by atoms with E-state index >= 15 is 0 Å². The first kappa shape index (κ1) is 30.1. The SMILES string of the molecule is CC[C@@H](C(=O)NC1CCCCC1)N(Cc1ccc(Cl)cc1Cl)C(=O)CN(c1ccc(OC)cc1)S(C)(=O)=O. The number of benzene rings is 2. The molecule has 8 nitrogen and oxygen atoms in total. The van der Waals surface area contributed by atoms with Gasteiger partial charge in [0, 0.05) is 22.6 Å². The second-order valence-electron chi connectivity index (χ2n) is 9.49. The van der Waals surface area contributed by atoms with Gasteiger partial charge in [-0.2, -0.15) is 0 Å². The molecule has 2 amide bonds. The Labute approximate surface area is 235 Å². The van der Waals surface area contributed by atoms with Crippen molar-refractivity contribution in [1.29, 1.82) is 0 Å². The quantitative estimate of drug-likeness (QED) is 0.400. The number of rotatable bonds is 11. The summed E-state index contributed by atoms with van der Waals surface area (Å²) in [4.78, 5) is 28.7. The predicted octanol–water partition coefficient (Wildman–Crippen LogP) is 5.02. The number of methoxy groups -OCH3 is 1. The Morgan fingerprint density at radius 2 is 1.74 bits per heavy atom. The van der Waals surface area contributed by atoms with Gasteiger partial charge in [-0.1, -0.05) is 55.5 Å². The molecule has 0 heterocycles. The standard InChI is InChI=1S/C27H35Cl2N3O5S/c1-4-25(27(34)30-21-8-6-5-7-9-21)31(17-19-10-11-20(28)16-24(19)29)26(33)18-32(38(3,35)36)22-12-14-23(37-2)15-13-22/h10-16,21,25H,4-9,17-18H2,1-3H3,(H,30,34)/t25-/m0/s1. The molecule has 1 atom stereocenters. The maximum absolute atomic E-state index is 13.8. The van der Waals surface area contributed by atoms with Crippen molar-refractivity contribution in [3.8, 4) is 5.75 Å². The van der Waals surface area contributed by atoms with E-state index < -0.39 is 28.5 Å². The van der Waals surface area contributed by atoms with Crippen LogP contribution in [0.5, 0.6) is 5.75 Å². The molecule has 0 aromatic heterocycles. The lowest BCUT2D eigenvalue weighted by molar-refractivity contribution is -0.140. The van der Waals surface area contributed by atoms with E-state index in [-0.39, 0.29) is 18.5 Å². The third kappa shape index (κ3) is 8.01. The largest absolute Gasteiger partial charge is 0.497 e. The molecule has 0 unspecified atom stereocenters. The summed E-state index contributed by atoms with van der Waals surface area (Å²) in [5, 5.41) is 3.91. The van der Waals surface area contributed by atoms with Crippen LogP contribution in [0.15, 0.2) is 42.5 Å². The van der Waals surface area contributed by atoms with Crippen LogP contribution in [0.25, 0.3) is 0 Å². The lowest BCUT2D eigenvalue weighted by atomic mass is 9.95. The van der Waals surface area contributed by atoms with Crippen LogP contribution < -0.4 is 14.4 Å². The highest BCUT2D eigenvalue weighted by molar-refractivity contribution is 7.92. The average molecular weight is 585 g/mol. The molecule has 0 saturated heterocycles. The van der Waals surface area contributed by atoms with Gasteiger partial charge in [0.15, 0.2) is 0 Å². The summed E-state index contributed by atoms with van der Waals surface area (Å²) in [6.07, 6.45) is 6.44. The Morgan fingerprint density at radius 1 is 1.08 bits per heavy atom. The summed E-state index contributed by atoms with van der Waals surface area (Å²) >= 11 is 12.5. The molecule has 1 fully saturated rings. The van der Waals surface area contributed by atoms with Crippen LogP contribution in [0.2, 0.25) is 10.0 Å². The first-order valence-electron chi connectivity index (χ1n) is 12.7. The zero-order valence-electron chi connectivity index (χ0n) is 22.0. The highest BCUT2D eigenvalue weighted by Gasteiger charge is 2.33. The lowest BCUT2D eigenvalue weighted by Gasteiger charge is -2.34. The Balaban J connectivity index is 1.93. The number of ether oxygens (including phenoxy) is 1. The molecule has 38 heavy (non-hydrogen) atoms. The van der Waals surface area contributed by atoms with E-state index in [0.717, 1.165) is 42.7 Å². The summed E-state index contributed by atoms with van der Waals surface area (Å²) in [5.41, 5.74) is 0.912. The van der Waals surface area contributed by atoms with Gasteiger partial charge in [-0.15, -0.1) is 0 Å². The number of hydrogen-bond donors (Lipinski definition) is 1. The first-order chi connectivity index (χ1) is 18.0.